The van der Waals surface area contributed by atoms with Gasteiger partial charge in [0.1, 0.15) is 0 Å². The van der Waals surface area contributed by atoms with Crippen LogP contribution in [0.2, 0.25) is 0 Å². The molecule has 0 aromatic heterocycles. The largest absolute Gasteiger partial charge is 0.493 e. The minimum absolute atomic E-state index is 0.166. The molecule has 8 heteroatoms. The van der Waals surface area contributed by atoms with Crippen LogP contribution >= 0.6 is 0 Å². The van der Waals surface area contributed by atoms with Crippen LogP contribution in [0.15, 0.2) is 42.5 Å². The number of ether oxygens (including phenoxy) is 4. The van der Waals surface area contributed by atoms with Crippen molar-refractivity contribution in [3.63, 3.8) is 0 Å². The van der Waals surface area contributed by atoms with Gasteiger partial charge in [-0.3, -0.25) is 14.5 Å². The molecule has 172 valence electrons. The molecule has 0 atom stereocenters. The maximum absolute atomic E-state index is 12.1. The molecule has 1 aliphatic rings. The van der Waals surface area contributed by atoms with Crippen molar-refractivity contribution in [1.82, 2.24) is 4.90 Å². The normalized spacial score (nSPS) is 13.9. The summed E-state index contributed by atoms with van der Waals surface area (Å²) in [5.74, 6) is 0.430. The molecule has 32 heavy (non-hydrogen) atoms. The number of morpholine rings is 1. The molecule has 0 spiro atoms. The summed E-state index contributed by atoms with van der Waals surface area (Å²) in [6, 6.07) is 13.2. The van der Waals surface area contributed by atoms with E-state index in [0.29, 0.717) is 23.6 Å². The molecule has 1 N–H and O–H groups in total. The van der Waals surface area contributed by atoms with Crippen molar-refractivity contribution in [2.45, 2.75) is 19.4 Å². The predicted molar refractivity (Wildman–Crippen MR) is 120 cm³/mol. The highest BCUT2D eigenvalue weighted by atomic mass is 16.5. The molecular formula is C24H30N2O6. The van der Waals surface area contributed by atoms with Gasteiger partial charge in [0.05, 0.1) is 27.4 Å². The third kappa shape index (κ3) is 7.25. The Labute approximate surface area is 188 Å². The molecule has 3 rings (SSSR count). The maximum Gasteiger partial charge on any atom is 0.306 e. The Morgan fingerprint density at radius 2 is 1.66 bits per heavy atom. The fraction of sp³-hybridized carbons (Fsp3) is 0.417. The van der Waals surface area contributed by atoms with Crippen LogP contribution in [0.4, 0.5) is 5.69 Å². The second-order valence-corrected chi connectivity index (χ2v) is 7.48. The third-order valence-electron chi connectivity index (χ3n) is 5.18. The van der Waals surface area contributed by atoms with E-state index in [1.807, 2.05) is 36.4 Å². The molecule has 2 aromatic carbocycles. The number of nitrogens with one attached hydrogen (secondary N) is 1. The lowest BCUT2D eigenvalue weighted by molar-refractivity contribution is -0.147. The van der Waals surface area contributed by atoms with Gasteiger partial charge in [-0.15, -0.1) is 0 Å². The molecule has 1 amide bonds. The van der Waals surface area contributed by atoms with Gasteiger partial charge in [0.25, 0.3) is 5.91 Å². The number of amides is 1. The Bertz CT molecular complexity index is 894. The third-order valence-corrected chi connectivity index (χ3v) is 5.18. The number of methoxy groups -OCH3 is 2. The summed E-state index contributed by atoms with van der Waals surface area (Å²) in [6.07, 6.45) is 0.643. The van der Waals surface area contributed by atoms with Gasteiger partial charge in [-0.05, 0) is 41.8 Å². The maximum atomic E-state index is 12.1. The van der Waals surface area contributed by atoms with Gasteiger partial charge in [0.15, 0.2) is 18.1 Å². The second-order valence-electron chi connectivity index (χ2n) is 7.48. The molecule has 1 saturated heterocycles. The molecule has 1 heterocycles. The molecule has 2 aromatic rings. The van der Waals surface area contributed by atoms with Crippen LogP contribution in [0.25, 0.3) is 0 Å². The van der Waals surface area contributed by atoms with E-state index in [0.717, 1.165) is 38.4 Å². The standard InChI is InChI=1S/C24H30N2O6/c1-29-21-9-5-18(15-22(21)30-2)6-10-24(28)32-17-23(27)25-20-7-3-19(4-8-20)16-26-11-13-31-14-12-26/h3-5,7-9,15H,6,10-14,16-17H2,1-2H3,(H,25,27). The Morgan fingerprint density at radius 1 is 0.969 bits per heavy atom. The minimum atomic E-state index is -0.434. The average Bonchev–Trinajstić information content (AvgIpc) is 2.83. The SMILES string of the molecule is COc1ccc(CCC(=O)OCC(=O)Nc2ccc(CN3CCOCC3)cc2)cc1OC. The summed E-state index contributed by atoms with van der Waals surface area (Å²) in [7, 11) is 3.13. The summed E-state index contributed by atoms with van der Waals surface area (Å²) < 4.78 is 20.9. The number of aryl methyl sites for hydroxylation is 1. The van der Waals surface area contributed by atoms with Gasteiger partial charge in [0.2, 0.25) is 0 Å². The van der Waals surface area contributed by atoms with Crippen LogP contribution in [0.5, 0.6) is 11.5 Å². The molecule has 1 fully saturated rings. The highest BCUT2D eigenvalue weighted by Crippen LogP contribution is 2.28. The first-order valence-electron chi connectivity index (χ1n) is 10.6. The number of hydrogen-bond donors (Lipinski definition) is 1. The highest BCUT2D eigenvalue weighted by molar-refractivity contribution is 5.92. The second kappa shape index (κ2) is 12.1. The van der Waals surface area contributed by atoms with Crippen LogP contribution in [0, 0.1) is 0 Å². The van der Waals surface area contributed by atoms with E-state index < -0.39 is 5.97 Å². The molecule has 0 radical (unpaired) electrons. The van der Waals surface area contributed by atoms with Crippen molar-refractivity contribution < 1.29 is 28.5 Å². The summed E-state index contributed by atoms with van der Waals surface area (Å²) in [5, 5.41) is 2.75. The first-order valence-corrected chi connectivity index (χ1v) is 10.6. The number of carbonyl (C=O) groups excluding carboxylic acids is 2. The smallest absolute Gasteiger partial charge is 0.306 e. The highest BCUT2D eigenvalue weighted by Gasteiger charge is 2.12. The van der Waals surface area contributed by atoms with E-state index in [2.05, 4.69) is 10.2 Å². The predicted octanol–water partition coefficient (Wildman–Crippen LogP) is 2.65. The first-order chi connectivity index (χ1) is 15.6. The summed E-state index contributed by atoms with van der Waals surface area (Å²) in [5.41, 5.74) is 2.76. The molecule has 8 nitrogen and oxygen atoms in total. The lowest BCUT2D eigenvalue weighted by Crippen LogP contribution is -2.35. The van der Waals surface area contributed by atoms with Crippen molar-refractivity contribution in [2.75, 3.05) is 52.4 Å². The van der Waals surface area contributed by atoms with E-state index in [1.165, 1.54) is 5.56 Å². The van der Waals surface area contributed by atoms with Crippen molar-refractivity contribution in [3.05, 3.63) is 53.6 Å². The van der Waals surface area contributed by atoms with Gasteiger partial charge in [-0.25, -0.2) is 0 Å². The Hall–Kier alpha value is -3.10. The zero-order chi connectivity index (χ0) is 22.8. The van der Waals surface area contributed by atoms with Gasteiger partial charge < -0.3 is 24.3 Å². The van der Waals surface area contributed by atoms with Crippen LogP contribution in [-0.4, -0.2) is 63.9 Å². The van der Waals surface area contributed by atoms with E-state index in [1.54, 1.807) is 20.3 Å². The van der Waals surface area contributed by atoms with Crippen LogP contribution < -0.4 is 14.8 Å². The van der Waals surface area contributed by atoms with Crippen molar-refractivity contribution in [1.29, 1.82) is 0 Å². The fourth-order valence-corrected chi connectivity index (χ4v) is 3.41. The molecule has 0 aliphatic carbocycles. The fourth-order valence-electron chi connectivity index (χ4n) is 3.41. The summed E-state index contributed by atoms with van der Waals surface area (Å²) in [4.78, 5) is 26.5. The van der Waals surface area contributed by atoms with Crippen molar-refractivity contribution in [2.24, 2.45) is 0 Å². The average molecular weight is 443 g/mol. The van der Waals surface area contributed by atoms with Gasteiger partial charge in [0, 0.05) is 31.7 Å². The van der Waals surface area contributed by atoms with E-state index in [4.69, 9.17) is 18.9 Å². The molecule has 0 bridgehead atoms. The number of anilines is 1. The van der Waals surface area contributed by atoms with Crippen LogP contribution in [0.3, 0.4) is 0 Å². The molecule has 0 unspecified atom stereocenters. The minimum Gasteiger partial charge on any atom is -0.493 e. The lowest BCUT2D eigenvalue weighted by Gasteiger charge is -2.26. The molecule has 0 saturated carbocycles. The zero-order valence-electron chi connectivity index (χ0n) is 18.6. The summed E-state index contributed by atoms with van der Waals surface area (Å²) >= 11 is 0. The van der Waals surface area contributed by atoms with E-state index >= 15 is 0 Å². The van der Waals surface area contributed by atoms with Crippen LogP contribution in [0.1, 0.15) is 17.5 Å². The number of nitrogens with zero attached hydrogens (tertiary/aromatic N) is 1. The number of carbonyl (C=O) groups is 2. The van der Waals surface area contributed by atoms with E-state index in [-0.39, 0.29) is 18.9 Å². The topological polar surface area (TPSA) is 86.3 Å². The Morgan fingerprint density at radius 3 is 2.34 bits per heavy atom. The Kier molecular flexibility index (Phi) is 8.89. The number of esters is 1. The van der Waals surface area contributed by atoms with Gasteiger partial charge >= 0.3 is 5.97 Å². The zero-order valence-corrected chi connectivity index (χ0v) is 18.6. The monoisotopic (exact) mass is 442 g/mol. The number of hydrogen-bond acceptors (Lipinski definition) is 7. The van der Waals surface area contributed by atoms with Crippen LogP contribution in [-0.2, 0) is 32.0 Å². The van der Waals surface area contributed by atoms with E-state index in [9.17, 15) is 9.59 Å². The summed E-state index contributed by atoms with van der Waals surface area (Å²) in [6.45, 7) is 3.92. The number of rotatable bonds is 10. The van der Waals surface area contributed by atoms with Gasteiger partial charge in [-0.1, -0.05) is 18.2 Å². The van der Waals surface area contributed by atoms with Crippen molar-refractivity contribution in [3.8, 4) is 11.5 Å². The Balaban J connectivity index is 1.38. The molecule has 1 aliphatic heterocycles. The molecular weight excluding hydrogens is 412 g/mol. The quantitative estimate of drug-likeness (QED) is 0.566. The van der Waals surface area contributed by atoms with Crippen molar-refractivity contribution >= 4 is 17.6 Å². The lowest BCUT2D eigenvalue weighted by atomic mass is 10.1. The van der Waals surface area contributed by atoms with Gasteiger partial charge in [-0.2, -0.15) is 0 Å². The first kappa shape index (κ1) is 23.6. The number of benzene rings is 2.